The molecule has 0 unspecified atom stereocenters. The summed E-state index contributed by atoms with van der Waals surface area (Å²) >= 11 is 0. The Balaban J connectivity index is 1.87. The fourth-order valence-electron chi connectivity index (χ4n) is 6.02. The average Bonchev–Trinajstić information content (AvgIpc) is 3.23. The molecule has 0 spiro atoms. The van der Waals surface area contributed by atoms with Crippen molar-refractivity contribution in [3.8, 4) is 0 Å². The first-order chi connectivity index (χ1) is 9.88. The molecule has 3 rings (SSSR count). The summed E-state index contributed by atoms with van der Waals surface area (Å²) in [5, 5.41) is 0. The first-order valence-corrected chi connectivity index (χ1v) is 11.9. The van der Waals surface area contributed by atoms with Gasteiger partial charge in [-0.15, -0.1) is 0 Å². The monoisotopic (exact) mass is 294 g/mol. The molecular formula is C18H34OSi. The summed E-state index contributed by atoms with van der Waals surface area (Å²) in [6.07, 6.45) is 19.7. The maximum absolute atomic E-state index is 6.20. The highest BCUT2D eigenvalue weighted by atomic mass is 28.3. The predicted molar refractivity (Wildman–Crippen MR) is 88.9 cm³/mol. The molecule has 0 aromatic heterocycles. The van der Waals surface area contributed by atoms with Crippen molar-refractivity contribution in [2.24, 2.45) is 0 Å². The van der Waals surface area contributed by atoms with Gasteiger partial charge in [0.25, 0.3) is 0 Å². The fourth-order valence-corrected chi connectivity index (χ4v) is 13.7. The topological polar surface area (TPSA) is 9.23 Å². The lowest BCUT2D eigenvalue weighted by atomic mass is 10.3. The summed E-state index contributed by atoms with van der Waals surface area (Å²) in [6.45, 7) is 3.15. The minimum absolute atomic E-state index is 0.945. The standard InChI is InChI=1S/C18H34OSi/c1-2-19-15-20(16-9-3-4-10-16,17-11-5-6-12-17)18-13-7-8-14-18/h16-18H,2-15H2,1H3. The van der Waals surface area contributed by atoms with Crippen LogP contribution in [0.4, 0.5) is 0 Å². The third-order valence-electron chi connectivity index (χ3n) is 6.90. The normalized spacial score (nSPS) is 26.9. The molecule has 116 valence electrons. The van der Waals surface area contributed by atoms with Crippen LogP contribution in [-0.4, -0.2) is 20.9 Å². The van der Waals surface area contributed by atoms with E-state index in [1.807, 2.05) is 0 Å². The highest BCUT2D eigenvalue weighted by Gasteiger charge is 2.54. The summed E-state index contributed by atoms with van der Waals surface area (Å²) in [5.41, 5.74) is 3.38. The Morgan fingerprint density at radius 3 is 1.35 bits per heavy atom. The van der Waals surface area contributed by atoms with Crippen molar-refractivity contribution in [3.63, 3.8) is 0 Å². The van der Waals surface area contributed by atoms with Gasteiger partial charge in [0, 0.05) is 12.8 Å². The molecule has 0 heterocycles. The highest BCUT2D eigenvalue weighted by Crippen LogP contribution is 2.58. The van der Waals surface area contributed by atoms with Gasteiger partial charge in [0.05, 0.1) is 8.07 Å². The Labute approximate surface area is 126 Å². The summed E-state index contributed by atoms with van der Waals surface area (Å²) in [7, 11) is -1.24. The molecule has 0 amide bonds. The van der Waals surface area contributed by atoms with E-state index in [0.29, 0.717) is 0 Å². The summed E-state index contributed by atoms with van der Waals surface area (Å²) in [4.78, 5) is 0. The molecule has 3 aliphatic carbocycles. The molecule has 2 heteroatoms. The molecule has 0 bridgehead atoms. The van der Waals surface area contributed by atoms with Crippen molar-refractivity contribution >= 4 is 8.07 Å². The van der Waals surface area contributed by atoms with Gasteiger partial charge in [-0.3, -0.25) is 0 Å². The van der Waals surface area contributed by atoms with Crippen LogP contribution in [0.1, 0.15) is 84.0 Å². The molecular weight excluding hydrogens is 260 g/mol. The molecule has 0 saturated heterocycles. The van der Waals surface area contributed by atoms with Crippen LogP contribution in [-0.2, 0) is 4.74 Å². The molecule has 0 aromatic rings. The SMILES string of the molecule is CCOC[Si](C1CCCC1)(C1CCCC1)C1CCCC1. The van der Waals surface area contributed by atoms with Crippen molar-refractivity contribution in [1.29, 1.82) is 0 Å². The lowest BCUT2D eigenvalue weighted by Crippen LogP contribution is -2.52. The van der Waals surface area contributed by atoms with Gasteiger partial charge in [0.15, 0.2) is 0 Å². The molecule has 0 aliphatic heterocycles. The predicted octanol–water partition coefficient (Wildman–Crippen LogP) is 5.84. The van der Waals surface area contributed by atoms with E-state index in [-0.39, 0.29) is 0 Å². The molecule has 0 atom stereocenters. The number of hydrogen-bond acceptors (Lipinski definition) is 1. The summed E-state index contributed by atoms with van der Waals surface area (Å²) in [5.74, 6) is 0. The minimum Gasteiger partial charge on any atom is -0.385 e. The second-order valence-corrected chi connectivity index (χ2v) is 12.7. The van der Waals surface area contributed by atoms with Crippen LogP contribution < -0.4 is 0 Å². The Bertz CT molecular complexity index is 245. The average molecular weight is 295 g/mol. The maximum atomic E-state index is 6.20. The zero-order chi connectivity index (χ0) is 13.8. The van der Waals surface area contributed by atoms with Crippen LogP contribution in [0.15, 0.2) is 0 Å². The molecule has 0 N–H and O–H groups in total. The minimum atomic E-state index is -1.24. The van der Waals surface area contributed by atoms with Crippen LogP contribution in [0, 0.1) is 0 Å². The lowest BCUT2D eigenvalue weighted by Gasteiger charge is -2.46. The van der Waals surface area contributed by atoms with Gasteiger partial charge in [0.1, 0.15) is 0 Å². The summed E-state index contributed by atoms with van der Waals surface area (Å²) in [6, 6.07) is 0. The smallest absolute Gasteiger partial charge is 0.0928 e. The van der Waals surface area contributed by atoms with Crippen molar-refractivity contribution in [2.75, 3.05) is 12.8 Å². The molecule has 3 aliphatic rings. The van der Waals surface area contributed by atoms with Gasteiger partial charge >= 0.3 is 0 Å². The van der Waals surface area contributed by atoms with Gasteiger partial charge in [-0.2, -0.15) is 0 Å². The molecule has 3 saturated carbocycles. The number of rotatable bonds is 6. The van der Waals surface area contributed by atoms with Gasteiger partial charge in [-0.25, -0.2) is 0 Å². The van der Waals surface area contributed by atoms with Crippen LogP contribution in [0.5, 0.6) is 0 Å². The third kappa shape index (κ3) is 2.75. The van der Waals surface area contributed by atoms with E-state index in [9.17, 15) is 0 Å². The van der Waals surface area contributed by atoms with Crippen molar-refractivity contribution in [3.05, 3.63) is 0 Å². The number of hydrogen-bond donors (Lipinski definition) is 0. The largest absolute Gasteiger partial charge is 0.385 e. The summed E-state index contributed by atoms with van der Waals surface area (Å²) < 4.78 is 6.20. The zero-order valence-electron chi connectivity index (χ0n) is 13.5. The van der Waals surface area contributed by atoms with Crippen LogP contribution in [0.25, 0.3) is 0 Å². The van der Waals surface area contributed by atoms with Crippen LogP contribution in [0.2, 0.25) is 16.6 Å². The lowest BCUT2D eigenvalue weighted by molar-refractivity contribution is 0.182. The maximum Gasteiger partial charge on any atom is 0.0928 e. The van der Waals surface area contributed by atoms with E-state index in [0.717, 1.165) is 23.2 Å². The molecule has 0 aromatic carbocycles. The Hall–Kier alpha value is 0.177. The Kier molecular flexibility index (Phi) is 5.25. The highest BCUT2D eigenvalue weighted by molar-refractivity contribution is 6.84. The van der Waals surface area contributed by atoms with Crippen molar-refractivity contribution in [2.45, 2.75) is 101 Å². The molecule has 3 fully saturated rings. The van der Waals surface area contributed by atoms with E-state index in [4.69, 9.17) is 4.74 Å². The van der Waals surface area contributed by atoms with Gasteiger partial charge in [-0.1, -0.05) is 77.0 Å². The molecule has 1 nitrogen and oxygen atoms in total. The van der Waals surface area contributed by atoms with Gasteiger partial charge in [0.2, 0.25) is 0 Å². The van der Waals surface area contributed by atoms with Crippen LogP contribution >= 0.6 is 0 Å². The van der Waals surface area contributed by atoms with E-state index in [1.54, 1.807) is 38.5 Å². The van der Waals surface area contributed by atoms with Gasteiger partial charge < -0.3 is 4.74 Å². The zero-order valence-corrected chi connectivity index (χ0v) is 14.5. The van der Waals surface area contributed by atoms with E-state index >= 15 is 0 Å². The molecule has 20 heavy (non-hydrogen) atoms. The van der Waals surface area contributed by atoms with E-state index in [1.165, 1.54) is 44.8 Å². The quantitative estimate of drug-likeness (QED) is 0.559. The third-order valence-corrected chi connectivity index (χ3v) is 13.9. The van der Waals surface area contributed by atoms with Crippen molar-refractivity contribution in [1.82, 2.24) is 0 Å². The van der Waals surface area contributed by atoms with E-state index in [2.05, 4.69) is 6.92 Å². The molecule has 0 radical (unpaired) electrons. The van der Waals surface area contributed by atoms with E-state index < -0.39 is 8.07 Å². The Morgan fingerprint density at radius 1 is 0.700 bits per heavy atom. The first kappa shape index (κ1) is 15.1. The fraction of sp³-hybridized carbons (Fsp3) is 1.00. The van der Waals surface area contributed by atoms with Gasteiger partial charge in [-0.05, 0) is 23.5 Å². The second kappa shape index (κ2) is 6.96. The Morgan fingerprint density at radius 2 is 1.05 bits per heavy atom. The van der Waals surface area contributed by atoms with Crippen LogP contribution in [0.3, 0.4) is 0 Å². The second-order valence-electron chi connectivity index (χ2n) is 7.69. The van der Waals surface area contributed by atoms with Crippen molar-refractivity contribution < 1.29 is 4.74 Å². The number of ether oxygens (including phenoxy) is 1. The first-order valence-electron chi connectivity index (χ1n) is 9.45.